The molecule has 0 unspecified atom stereocenters. The zero-order valence-electron chi connectivity index (χ0n) is 18.2. The van der Waals surface area contributed by atoms with E-state index in [2.05, 4.69) is 15.5 Å². The lowest BCUT2D eigenvalue weighted by atomic mass is 9.98. The van der Waals surface area contributed by atoms with E-state index in [1.807, 2.05) is 48.5 Å². The Kier molecular flexibility index (Phi) is 5.46. The van der Waals surface area contributed by atoms with E-state index in [0.29, 0.717) is 4.90 Å². The molecule has 0 radical (unpaired) electrons. The number of aliphatic carboxylic acids is 1. The Bertz CT molecular complexity index is 1280. The first-order chi connectivity index (χ1) is 16.7. The molecule has 0 saturated carbocycles. The van der Waals surface area contributed by atoms with Crippen LogP contribution in [0.1, 0.15) is 34.0 Å². The van der Waals surface area contributed by atoms with E-state index in [4.69, 9.17) is 4.74 Å². The number of carboxylic acid groups (broad SMARTS) is 1. The molecule has 0 bridgehead atoms. The predicted molar refractivity (Wildman–Crippen MR) is 119 cm³/mol. The molecule has 1 saturated heterocycles. The number of nitrogens with one attached hydrogen (secondary N) is 2. The van der Waals surface area contributed by atoms with Crippen LogP contribution in [0.25, 0.3) is 11.1 Å². The van der Waals surface area contributed by atoms with E-state index >= 15 is 0 Å². The van der Waals surface area contributed by atoms with Gasteiger partial charge < -0.3 is 14.7 Å². The molecule has 3 aromatic rings. The van der Waals surface area contributed by atoms with E-state index in [1.165, 1.54) is 0 Å². The number of alkyl halides is 2. The van der Waals surface area contributed by atoms with Gasteiger partial charge in [0.1, 0.15) is 18.3 Å². The van der Waals surface area contributed by atoms with Crippen LogP contribution < -0.4 is 5.32 Å². The van der Waals surface area contributed by atoms with Crippen LogP contribution in [0.4, 0.5) is 19.4 Å². The number of carboxylic acids is 1. The molecular formula is C24H20F2N4O5. The van der Waals surface area contributed by atoms with Crippen molar-refractivity contribution in [3.63, 3.8) is 0 Å². The Balaban J connectivity index is 1.23. The third-order valence-electron chi connectivity index (χ3n) is 6.20. The third-order valence-corrected chi connectivity index (χ3v) is 6.20. The molecule has 11 heteroatoms. The Morgan fingerprint density at radius 3 is 2.37 bits per heavy atom. The normalized spacial score (nSPS) is 18.1. The van der Waals surface area contributed by atoms with Crippen LogP contribution in [0, 0.1) is 0 Å². The number of aromatic amines is 1. The Labute approximate surface area is 197 Å². The van der Waals surface area contributed by atoms with Crippen LogP contribution in [0.5, 0.6) is 0 Å². The molecular weight excluding hydrogens is 462 g/mol. The number of hydrogen-bond acceptors (Lipinski definition) is 5. The van der Waals surface area contributed by atoms with Crippen molar-refractivity contribution >= 4 is 23.8 Å². The quantitative estimate of drug-likeness (QED) is 0.509. The zero-order chi connectivity index (χ0) is 24.7. The second kappa shape index (κ2) is 8.49. The first-order valence-corrected chi connectivity index (χ1v) is 10.8. The number of ether oxygens (including phenoxy) is 1. The summed E-state index contributed by atoms with van der Waals surface area (Å²) in [4.78, 5) is 36.9. The highest BCUT2D eigenvalue weighted by Crippen LogP contribution is 2.44. The molecule has 9 nitrogen and oxygen atoms in total. The lowest BCUT2D eigenvalue weighted by Crippen LogP contribution is -2.40. The number of halogens is 2. The SMILES string of the molecule is O=C(Nc1cc(C(=O)N2CC(F)(F)C[C@H]2C(=O)O)[nH]n1)OCC1c2ccccc2-c2ccccc21. The van der Waals surface area contributed by atoms with Gasteiger partial charge in [-0.25, -0.2) is 18.4 Å². The van der Waals surface area contributed by atoms with Crippen molar-refractivity contribution in [3.05, 3.63) is 71.4 Å². The molecule has 180 valence electrons. The summed E-state index contributed by atoms with van der Waals surface area (Å²) in [5.74, 6) is -5.99. The standard InChI is InChI=1S/C24H20F2N4O5/c25-24(26)10-19(22(32)33)30(12-24)21(31)18-9-20(29-28-18)27-23(34)35-11-17-15-7-3-1-5-13(15)14-6-2-4-8-16(14)17/h1-9,17,19H,10-12H2,(H,32,33)(H2,27,28,29,34)/t19-/m0/s1. The van der Waals surface area contributed by atoms with Crippen LogP contribution in [0.2, 0.25) is 0 Å². The van der Waals surface area contributed by atoms with Gasteiger partial charge in [0.15, 0.2) is 5.82 Å². The highest BCUT2D eigenvalue weighted by atomic mass is 19.3. The number of anilines is 1. The topological polar surface area (TPSA) is 125 Å². The number of carbonyl (C=O) groups excluding carboxylic acids is 2. The number of nitrogens with zero attached hydrogens (tertiary/aromatic N) is 2. The summed E-state index contributed by atoms with van der Waals surface area (Å²) in [6, 6.07) is 15.2. The average Bonchev–Trinajstić information content (AvgIpc) is 3.51. The maximum atomic E-state index is 13.7. The molecule has 2 heterocycles. The minimum absolute atomic E-state index is 0.0663. The predicted octanol–water partition coefficient (Wildman–Crippen LogP) is 3.71. The summed E-state index contributed by atoms with van der Waals surface area (Å²) >= 11 is 0. The van der Waals surface area contributed by atoms with Crippen LogP contribution in [-0.2, 0) is 9.53 Å². The molecule has 2 aromatic carbocycles. The smallest absolute Gasteiger partial charge is 0.412 e. The number of carbonyl (C=O) groups is 3. The highest BCUT2D eigenvalue weighted by molar-refractivity contribution is 5.97. The monoisotopic (exact) mass is 482 g/mol. The number of fused-ring (bicyclic) bond motifs is 3. The number of hydrogen-bond donors (Lipinski definition) is 3. The van der Waals surface area contributed by atoms with Gasteiger partial charge in [-0.1, -0.05) is 48.5 Å². The number of likely N-dealkylation sites (tertiary alicyclic amines) is 1. The molecule has 1 fully saturated rings. The van der Waals surface area contributed by atoms with Gasteiger partial charge in [-0.15, -0.1) is 0 Å². The number of benzene rings is 2. The van der Waals surface area contributed by atoms with E-state index in [9.17, 15) is 28.3 Å². The summed E-state index contributed by atoms with van der Waals surface area (Å²) < 4.78 is 32.8. The number of aromatic nitrogens is 2. The van der Waals surface area contributed by atoms with E-state index in [-0.39, 0.29) is 24.0 Å². The van der Waals surface area contributed by atoms with Gasteiger partial charge in [-0.3, -0.25) is 15.2 Å². The van der Waals surface area contributed by atoms with Gasteiger partial charge >= 0.3 is 12.1 Å². The summed E-state index contributed by atoms with van der Waals surface area (Å²) in [5.41, 5.74) is 4.02. The Morgan fingerprint density at radius 1 is 1.11 bits per heavy atom. The Morgan fingerprint density at radius 2 is 1.74 bits per heavy atom. The van der Waals surface area contributed by atoms with Crippen LogP contribution in [0.3, 0.4) is 0 Å². The molecule has 35 heavy (non-hydrogen) atoms. The number of rotatable bonds is 5. The summed E-state index contributed by atoms with van der Waals surface area (Å²) in [6.07, 6.45) is -1.78. The van der Waals surface area contributed by atoms with Gasteiger partial charge in [-0.2, -0.15) is 5.10 Å². The Hall–Kier alpha value is -4.28. The van der Waals surface area contributed by atoms with Crippen molar-refractivity contribution in [2.75, 3.05) is 18.5 Å². The molecule has 1 aliphatic heterocycles. The van der Waals surface area contributed by atoms with Crippen molar-refractivity contribution in [2.45, 2.75) is 24.3 Å². The van der Waals surface area contributed by atoms with Gasteiger partial charge in [-0.05, 0) is 22.3 Å². The van der Waals surface area contributed by atoms with Crippen LogP contribution in [-0.4, -0.2) is 63.3 Å². The van der Waals surface area contributed by atoms with Crippen LogP contribution in [0.15, 0.2) is 54.6 Å². The molecule has 2 aliphatic rings. The fourth-order valence-electron chi connectivity index (χ4n) is 4.64. The fourth-order valence-corrected chi connectivity index (χ4v) is 4.64. The van der Waals surface area contributed by atoms with Crippen molar-refractivity contribution in [1.82, 2.24) is 15.1 Å². The zero-order valence-corrected chi connectivity index (χ0v) is 18.2. The lowest BCUT2D eigenvalue weighted by molar-refractivity contribution is -0.141. The van der Waals surface area contributed by atoms with Gasteiger partial charge in [0.25, 0.3) is 11.8 Å². The second-order valence-corrected chi connectivity index (χ2v) is 8.46. The van der Waals surface area contributed by atoms with E-state index in [0.717, 1.165) is 28.3 Å². The van der Waals surface area contributed by atoms with E-state index < -0.39 is 42.9 Å². The molecule has 1 atom stereocenters. The molecule has 1 aliphatic carbocycles. The molecule has 5 rings (SSSR count). The summed E-state index contributed by atoms with van der Waals surface area (Å²) in [7, 11) is 0. The molecule has 3 N–H and O–H groups in total. The minimum atomic E-state index is -3.30. The average molecular weight is 482 g/mol. The van der Waals surface area contributed by atoms with E-state index in [1.54, 1.807) is 0 Å². The number of amides is 2. The van der Waals surface area contributed by atoms with Crippen molar-refractivity contribution < 1.29 is 33.0 Å². The second-order valence-electron chi connectivity index (χ2n) is 8.46. The van der Waals surface area contributed by atoms with Crippen molar-refractivity contribution in [3.8, 4) is 11.1 Å². The van der Waals surface area contributed by atoms with Gasteiger partial charge in [0.2, 0.25) is 0 Å². The van der Waals surface area contributed by atoms with Crippen molar-refractivity contribution in [1.29, 1.82) is 0 Å². The summed E-state index contributed by atoms with van der Waals surface area (Å²) in [6.45, 7) is -0.948. The maximum Gasteiger partial charge on any atom is 0.412 e. The first kappa shape index (κ1) is 22.5. The summed E-state index contributed by atoms with van der Waals surface area (Å²) in [5, 5.41) is 17.7. The fraction of sp³-hybridized carbons (Fsp3) is 0.250. The third kappa shape index (κ3) is 4.20. The van der Waals surface area contributed by atoms with Gasteiger partial charge in [0, 0.05) is 18.4 Å². The molecule has 2 amide bonds. The molecule has 0 spiro atoms. The highest BCUT2D eigenvalue weighted by Gasteiger charge is 2.50. The van der Waals surface area contributed by atoms with Crippen LogP contribution >= 0.6 is 0 Å². The number of H-pyrrole nitrogens is 1. The van der Waals surface area contributed by atoms with Gasteiger partial charge in [0.05, 0.1) is 6.54 Å². The first-order valence-electron chi connectivity index (χ1n) is 10.8. The molecule has 1 aromatic heterocycles. The lowest BCUT2D eigenvalue weighted by Gasteiger charge is -2.19. The minimum Gasteiger partial charge on any atom is -0.480 e. The largest absolute Gasteiger partial charge is 0.480 e. The maximum absolute atomic E-state index is 13.7. The van der Waals surface area contributed by atoms with Crippen molar-refractivity contribution in [2.24, 2.45) is 0 Å².